The summed E-state index contributed by atoms with van der Waals surface area (Å²) in [6.45, 7) is 9.56. The van der Waals surface area contributed by atoms with Gasteiger partial charge in [0, 0.05) is 66.6 Å². The Labute approximate surface area is 277 Å². The molecule has 45 heavy (non-hydrogen) atoms. The zero-order chi connectivity index (χ0) is 32.6. The lowest BCUT2D eigenvalue weighted by Gasteiger charge is -2.41. The van der Waals surface area contributed by atoms with Gasteiger partial charge in [-0.2, -0.15) is 0 Å². The fourth-order valence-corrected chi connectivity index (χ4v) is 7.57. The second-order valence-corrected chi connectivity index (χ2v) is 14.9. The molecule has 1 atom stereocenters. The standard InChI is InChI=1S/C35H49ClFN3O4S/c1-6-22-45-40-21-20-39(33(42)44-34(2,3)4)24-27(40)14-15-29-30(37)8-7-9-31(29)38-32(41)23-35(18-16-28(43-5)17-19-35)25-10-12-26(36)13-11-25/h7-13,27-28H,6,14-24H2,1-5H3,(H,38,41)/t27-,28?,35?/m0/s1. The van der Waals surface area contributed by atoms with Crippen molar-refractivity contribution < 1.29 is 23.5 Å². The van der Waals surface area contributed by atoms with Gasteiger partial charge in [0.05, 0.1) is 6.10 Å². The maximum absolute atomic E-state index is 15.4. The molecule has 0 spiro atoms. The number of methoxy groups -OCH3 is 1. The first-order valence-electron chi connectivity index (χ1n) is 16.2. The van der Waals surface area contributed by atoms with Crippen LogP contribution in [-0.2, 0) is 26.1 Å². The fourth-order valence-electron chi connectivity index (χ4n) is 6.44. The Balaban J connectivity index is 1.48. The topological polar surface area (TPSA) is 71.1 Å². The predicted molar refractivity (Wildman–Crippen MR) is 181 cm³/mol. The second-order valence-electron chi connectivity index (χ2n) is 13.3. The summed E-state index contributed by atoms with van der Waals surface area (Å²) in [4.78, 5) is 28.3. The van der Waals surface area contributed by atoms with Gasteiger partial charge in [0.2, 0.25) is 5.91 Å². The number of amides is 2. The molecule has 10 heteroatoms. The molecule has 4 rings (SSSR count). The van der Waals surface area contributed by atoms with Crippen LogP contribution >= 0.6 is 23.5 Å². The lowest BCUT2D eigenvalue weighted by molar-refractivity contribution is -0.118. The van der Waals surface area contributed by atoms with Crippen LogP contribution in [-0.4, -0.2) is 71.4 Å². The molecule has 0 unspecified atom stereocenters. The van der Waals surface area contributed by atoms with Gasteiger partial charge in [0.25, 0.3) is 0 Å². The minimum absolute atomic E-state index is 0.0233. The summed E-state index contributed by atoms with van der Waals surface area (Å²) in [5.41, 5.74) is 1.17. The summed E-state index contributed by atoms with van der Waals surface area (Å²) in [5, 5.41) is 3.74. The normalized spacial score (nSPS) is 22.7. The summed E-state index contributed by atoms with van der Waals surface area (Å²) in [6.07, 6.45) is 5.62. The molecule has 0 aromatic heterocycles. The van der Waals surface area contributed by atoms with E-state index in [0.29, 0.717) is 48.7 Å². The highest BCUT2D eigenvalue weighted by molar-refractivity contribution is 7.97. The van der Waals surface area contributed by atoms with Gasteiger partial charge in [-0.1, -0.05) is 48.7 Å². The highest BCUT2D eigenvalue weighted by atomic mass is 35.5. The number of rotatable bonds is 11. The van der Waals surface area contributed by atoms with E-state index in [0.717, 1.165) is 43.4 Å². The minimum atomic E-state index is -0.573. The van der Waals surface area contributed by atoms with Crippen LogP contribution in [0.5, 0.6) is 0 Å². The first kappa shape index (κ1) is 35.5. The molecule has 2 aromatic carbocycles. The molecule has 7 nitrogen and oxygen atoms in total. The third-order valence-corrected chi connectivity index (χ3v) is 10.5. The number of hydrogen-bond donors (Lipinski definition) is 1. The van der Waals surface area contributed by atoms with Crippen molar-refractivity contribution in [1.29, 1.82) is 0 Å². The molecular weight excluding hydrogens is 613 g/mol. The quantitative estimate of drug-likeness (QED) is 0.245. The van der Waals surface area contributed by atoms with Crippen LogP contribution in [0.3, 0.4) is 0 Å². The molecule has 1 saturated heterocycles. The van der Waals surface area contributed by atoms with Gasteiger partial charge in [0.1, 0.15) is 11.4 Å². The van der Waals surface area contributed by atoms with Crippen LogP contribution in [0.15, 0.2) is 42.5 Å². The molecular formula is C35H49ClFN3O4S. The van der Waals surface area contributed by atoms with Crippen LogP contribution < -0.4 is 5.32 Å². The molecule has 2 fully saturated rings. The van der Waals surface area contributed by atoms with E-state index in [2.05, 4.69) is 16.5 Å². The van der Waals surface area contributed by atoms with E-state index >= 15 is 4.39 Å². The van der Waals surface area contributed by atoms with Gasteiger partial charge >= 0.3 is 6.09 Å². The Morgan fingerprint density at radius 3 is 2.47 bits per heavy atom. The number of ether oxygens (including phenoxy) is 2. The van der Waals surface area contributed by atoms with E-state index in [1.54, 1.807) is 36.1 Å². The van der Waals surface area contributed by atoms with Crippen molar-refractivity contribution >= 4 is 41.2 Å². The Morgan fingerprint density at radius 2 is 1.82 bits per heavy atom. The molecule has 1 N–H and O–H groups in total. The summed E-state index contributed by atoms with van der Waals surface area (Å²) in [7, 11) is 1.74. The van der Waals surface area contributed by atoms with Gasteiger partial charge in [-0.3, -0.25) is 4.79 Å². The van der Waals surface area contributed by atoms with Crippen molar-refractivity contribution in [2.24, 2.45) is 0 Å². The zero-order valence-electron chi connectivity index (χ0n) is 27.4. The Hall–Kier alpha value is -2.33. The van der Waals surface area contributed by atoms with Gasteiger partial charge in [-0.15, -0.1) is 0 Å². The van der Waals surface area contributed by atoms with E-state index in [1.165, 1.54) is 6.07 Å². The van der Waals surface area contributed by atoms with E-state index in [1.807, 2.05) is 45.0 Å². The molecule has 1 aliphatic carbocycles. The van der Waals surface area contributed by atoms with Gasteiger partial charge < -0.3 is 19.7 Å². The molecule has 2 amide bonds. The number of nitrogens with zero attached hydrogens (tertiary/aromatic N) is 2. The maximum Gasteiger partial charge on any atom is 0.410 e. The second kappa shape index (κ2) is 16.0. The maximum atomic E-state index is 15.4. The van der Waals surface area contributed by atoms with Gasteiger partial charge in [-0.05, 0) is 95.5 Å². The predicted octanol–water partition coefficient (Wildman–Crippen LogP) is 8.25. The monoisotopic (exact) mass is 661 g/mol. The number of carbonyl (C=O) groups excluding carboxylic acids is 2. The van der Waals surface area contributed by atoms with Crippen LogP contribution in [0.25, 0.3) is 0 Å². The summed E-state index contributed by atoms with van der Waals surface area (Å²) < 4.78 is 29.0. The van der Waals surface area contributed by atoms with Crippen molar-refractivity contribution in [3.05, 3.63) is 64.4 Å². The number of benzene rings is 2. The van der Waals surface area contributed by atoms with Crippen LogP contribution in [0.4, 0.5) is 14.9 Å². The molecule has 2 aliphatic rings. The summed E-state index contributed by atoms with van der Waals surface area (Å²) in [6, 6.07) is 12.7. The number of carbonyl (C=O) groups is 2. The van der Waals surface area contributed by atoms with E-state index in [-0.39, 0.29) is 41.8 Å². The fraction of sp³-hybridized carbons (Fsp3) is 0.600. The van der Waals surface area contributed by atoms with E-state index in [9.17, 15) is 9.59 Å². The smallest absolute Gasteiger partial charge is 0.410 e. The Bertz CT molecular complexity index is 1280. The highest BCUT2D eigenvalue weighted by Crippen LogP contribution is 2.43. The van der Waals surface area contributed by atoms with Crippen molar-refractivity contribution in [3.8, 4) is 0 Å². The SMILES string of the molecule is CCCSN1CCN(C(=O)OC(C)(C)C)C[C@@H]1CCc1c(F)cccc1NC(=O)CC1(c2ccc(Cl)cc2)CCC(OC)CC1. The van der Waals surface area contributed by atoms with E-state index in [4.69, 9.17) is 21.1 Å². The third-order valence-electron chi connectivity index (χ3n) is 8.84. The Morgan fingerprint density at radius 1 is 1.11 bits per heavy atom. The van der Waals surface area contributed by atoms with Crippen LogP contribution in [0, 0.1) is 5.82 Å². The highest BCUT2D eigenvalue weighted by Gasteiger charge is 2.39. The molecule has 1 heterocycles. The molecule has 0 bridgehead atoms. The molecule has 2 aromatic rings. The molecule has 1 saturated carbocycles. The van der Waals surface area contributed by atoms with Crippen molar-refractivity contribution in [2.45, 2.75) is 102 Å². The Kier molecular flexibility index (Phi) is 12.6. The van der Waals surface area contributed by atoms with E-state index < -0.39 is 5.60 Å². The van der Waals surface area contributed by atoms with Crippen molar-refractivity contribution in [1.82, 2.24) is 9.21 Å². The van der Waals surface area contributed by atoms with Crippen molar-refractivity contribution in [3.63, 3.8) is 0 Å². The number of hydrogen-bond acceptors (Lipinski definition) is 6. The summed E-state index contributed by atoms with van der Waals surface area (Å²) >= 11 is 7.97. The van der Waals surface area contributed by atoms with Crippen LogP contribution in [0.1, 0.15) is 83.8 Å². The average molecular weight is 662 g/mol. The third kappa shape index (κ3) is 9.83. The number of piperazine rings is 1. The van der Waals surface area contributed by atoms with Crippen molar-refractivity contribution in [2.75, 3.05) is 37.8 Å². The lowest BCUT2D eigenvalue weighted by Crippen LogP contribution is -2.53. The summed E-state index contributed by atoms with van der Waals surface area (Å²) in [5.74, 6) is 0.500. The molecule has 0 radical (unpaired) electrons. The zero-order valence-corrected chi connectivity index (χ0v) is 28.9. The first-order chi connectivity index (χ1) is 21.4. The number of halogens is 2. The number of anilines is 1. The van der Waals surface area contributed by atoms with Crippen LogP contribution in [0.2, 0.25) is 5.02 Å². The first-order valence-corrected chi connectivity index (χ1v) is 17.5. The van der Waals surface area contributed by atoms with Gasteiger partial charge in [0.15, 0.2) is 0 Å². The number of nitrogens with one attached hydrogen (secondary N) is 1. The minimum Gasteiger partial charge on any atom is -0.444 e. The lowest BCUT2D eigenvalue weighted by atomic mass is 9.66. The molecule has 1 aliphatic heterocycles. The largest absolute Gasteiger partial charge is 0.444 e. The van der Waals surface area contributed by atoms with Gasteiger partial charge in [-0.25, -0.2) is 13.5 Å². The average Bonchev–Trinajstić information content (AvgIpc) is 2.99. The molecule has 248 valence electrons.